The molecule has 5 aromatic rings. The summed E-state index contributed by atoms with van der Waals surface area (Å²) in [5.41, 5.74) is 1.33. The Labute approximate surface area is 197 Å². The Kier molecular flexibility index (Phi) is 11.5. The quantitative estimate of drug-likeness (QED) is 0.262. The molecule has 0 fully saturated rings. The van der Waals surface area contributed by atoms with Crippen LogP contribution in [-0.4, -0.2) is 3.81 Å². The van der Waals surface area contributed by atoms with E-state index < -0.39 is 0 Å². The molecule has 3 heteroatoms. The van der Waals surface area contributed by atoms with Crippen LogP contribution in [0.5, 0.6) is 0 Å². The summed E-state index contributed by atoms with van der Waals surface area (Å²) < 4.78 is 1.37. The van der Waals surface area contributed by atoms with E-state index >= 15 is 0 Å². The maximum Gasteiger partial charge on any atom is -0.0809 e. The van der Waals surface area contributed by atoms with Crippen LogP contribution in [0.2, 0.25) is 0 Å². The Hall–Kier alpha value is -1.96. The van der Waals surface area contributed by atoms with Crippen LogP contribution in [-0.2, 0) is 20.0 Å². The van der Waals surface area contributed by atoms with Crippen molar-refractivity contribution in [2.75, 3.05) is 0 Å². The smallest absolute Gasteiger partial charge is 0.0809 e. The molecular formula is C26H22Cl2Ti-2. The van der Waals surface area contributed by atoms with E-state index in [-0.39, 0.29) is 24.8 Å². The van der Waals surface area contributed by atoms with E-state index in [1.54, 1.807) is 0 Å². The van der Waals surface area contributed by atoms with Crippen LogP contribution in [0.1, 0.15) is 12.5 Å². The van der Waals surface area contributed by atoms with E-state index in [9.17, 15) is 0 Å². The average molecular weight is 453 g/mol. The largest absolute Gasteiger partial charge is 1.00 e. The van der Waals surface area contributed by atoms with Gasteiger partial charge >= 0.3 is 66.6 Å². The topological polar surface area (TPSA) is 0 Å². The molecular weight excluding hydrogens is 431 g/mol. The maximum atomic E-state index is 2.12. The summed E-state index contributed by atoms with van der Waals surface area (Å²) in [5, 5.41) is 5.32. The van der Waals surface area contributed by atoms with Gasteiger partial charge in [0, 0.05) is 0 Å². The molecule has 0 atom stereocenters. The summed E-state index contributed by atoms with van der Waals surface area (Å²) in [6, 6.07) is 39.7. The third-order valence-electron chi connectivity index (χ3n) is 4.30. The fourth-order valence-electron chi connectivity index (χ4n) is 2.83. The van der Waals surface area contributed by atoms with Crippen molar-refractivity contribution >= 4 is 25.4 Å². The fraction of sp³-hybridized carbons (Fsp3) is 0.0385. The number of benzene rings is 3. The third-order valence-corrected chi connectivity index (χ3v) is 4.75. The maximum absolute atomic E-state index is 2.12. The second-order valence-corrected chi connectivity index (χ2v) is 7.47. The Morgan fingerprint density at radius 2 is 1.00 bits per heavy atom. The first-order valence-corrected chi connectivity index (χ1v) is 9.83. The first-order chi connectivity index (χ1) is 13.2. The number of fused-ring (bicyclic) bond motifs is 2. The summed E-state index contributed by atoms with van der Waals surface area (Å²) >= 11 is 2.12. The first kappa shape index (κ1) is 25.1. The molecule has 0 N–H and O–H groups in total. The zero-order valence-corrected chi connectivity index (χ0v) is 19.3. The standard InChI is InChI=1S/2C9H7.C8H8.2ClH.Ti/c2*1-2-5-9-7-3-6-8(9)4-1;1-2-8-6-4-3-5-7-8;;;/h2*1-7H;3-7H,1H3;2*1H;/q2*-1;;;;+2/p-2. The zero-order valence-electron chi connectivity index (χ0n) is 16.2. The van der Waals surface area contributed by atoms with Gasteiger partial charge in [0.05, 0.1) is 0 Å². The van der Waals surface area contributed by atoms with Crippen molar-refractivity contribution < 1.29 is 44.8 Å². The minimum Gasteiger partial charge on any atom is -1.00 e. The summed E-state index contributed by atoms with van der Waals surface area (Å²) in [4.78, 5) is 0. The van der Waals surface area contributed by atoms with Crippen molar-refractivity contribution in [3.8, 4) is 0 Å². The van der Waals surface area contributed by atoms with Gasteiger partial charge in [-0.3, -0.25) is 0 Å². The number of hydrogen-bond donors (Lipinski definition) is 0. The van der Waals surface area contributed by atoms with Crippen LogP contribution in [0.15, 0.2) is 115 Å². The Balaban J connectivity index is 0.000000210. The summed E-state index contributed by atoms with van der Waals surface area (Å²) in [5.74, 6) is 0. The van der Waals surface area contributed by atoms with Gasteiger partial charge in [0.1, 0.15) is 0 Å². The predicted molar refractivity (Wildman–Crippen MR) is 115 cm³/mol. The molecule has 0 amide bonds. The number of halogens is 2. The molecule has 29 heavy (non-hydrogen) atoms. The van der Waals surface area contributed by atoms with Crippen LogP contribution in [0.25, 0.3) is 21.5 Å². The molecule has 5 rings (SSSR count). The van der Waals surface area contributed by atoms with E-state index in [1.807, 2.05) is 6.07 Å². The van der Waals surface area contributed by atoms with Gasteiger partial charge in [-0.1, -0.05) is 12.1 Å². The molecule has 0 aliphatic heterocycles. The van der Waals surface area contributed by atoms with Crippen molar-refractivity contribution in [2.45, 2.75) is 6.92 Å². The molecule has 0 radical (unpaired) electrons. The molecule has 0 saturated carbocycles. The van der Waals surface area contributed by atoms with Gasteiger partial charge in [0.15, 0.2) is 0 Å². The monoisotopic (exact) mass is 452 g/mol. The predicted octanol–water partition coefficient (Wildman–Crippen LogP) is 0.899. The molecule has 0 unspecified atom stereocenters. The Morgan fingerprint density at radius 3 is 1.38 bits per heavy atom. The van der Waals surface area contributed by atoms with E-state index in [2.05, 4.69) is 136 Å². The molecule has 0 spiro atoms. The van der Waals surface area contributed by atoms with Gasteiger partial charge in [-0.2, -0.15) is 35.0 Å². The number of hydrogen-bond acceptors (Lipinski definition) is 0. The van der Waals surface area contributed by atoms with Gasteiger partial charge in [-0.05, 0) is 0 Å². The first-order valence-electron chi connectivity index (χ1n) is 9.05. The minimum absolute atomic E-state index is 0. The molecule has 0 saturated heterocycles. The van der Waals surface area contributed by atoms with Crippen molar-refractivity contribution in [2.24, 2.45) is 0 Å². The molecule has 0 aliphatic rings. The van der Waals surface area contributed by atoms with Crippen LogP contribution >= 0.6 is 0 Å². The average Bonchev–Trinajstić information content (AvgIpc) is 3.39. The van der Waals surface area contributed by atoms with Gasteiger partial charge in [0.25, 0.3) is 0 Å². The van der Waals surface area contributed by atoms with Gasteiger partial charge < -0.3 is 24.8 Å². The van der Waals surface area contributed by atoms with E-state index in [0.29, 0.717) is 0 Å². The van der Waals surface area contributed by atoms with Crippen LogP contribution in [0.3, 0.4) is 0 Å². The number of rotatable bonds is 1. The second-order valence-electron chi connectivity index (χ2n) is 6.30. The SMILES string of the molecule is C[C](=[Ti+2])c1ccccc1.[Cl-].[Cl-].c1ccc2[cH-]ccc2c1.c1ccc2[cH-]ccc2c1. The molecule has 0 heterocycles. The van der Waals surface area contributed by atoms with Gasteiger partial charge in [-0.25, -0.2) is 0 Å². The van der Waals surface area contributed by atoms with Crippen molar-refractivity contribution in [1.29, 1.82) is 0 Å². The Bertz CT molecular complexity index is 981. The minimum atomic E-state index is 0. The second kappa shape index (κ2) is 13.3. The van der Waals surface area contributed by atoms with E-state index in [4.69, 9.17) is 0 Å². The van der Waals surface area contributed by atoms with Gasteiger partial charge in [-0.15, -0.1) is 59.3 Å². The molecule has 0 bridgehead atoms. The van der Waals surface area contributed by atoms with Gasteiger partial charge in [0.2, 0.25) is 0 Å². The van der Waals surface area contributed by atoms with Crippen LogP contribution in [0.4, 0.5) is 0 Å². The Morgan fingerprint density at radius 1 is 0.586 bits per heavy atom. The third kappa shape index (κ3) is 7.76. The zero-order chi connectivity index (χ0) is 18.9. The van der Waals surface area contributed by atoms with Crippen molar-refractivity contribution in [3.63, 3.8) is 0 Å². The van der Waals surface area contributed by atoms with Crippen molar-refractivity contribution in [1.82, 2.24) is 0 Å². The molecule has 0 nitrogen and oxygen atoms in total. The summed E-state index contributed by atoms with van der Waals surface area (Å²) in [6.45, 7) is 2.12. The van der Waals surface area contributed by atoms with Crippen LogP contribution in [0, 0.1) is 0 Å². The van der Waals surface area contributed by atoms with E-state index in [1.165, 1.54) is 30.9 Å². The molecule has 5 aromatic carbocycles. The van der Waals surface area contributed by atoms with E-state index in [0.717, 1.165) is 0 Å². The molecule has 0 aromatic heterocycles. The fourth-order valence-corrected chi connectivity index (χ4v) is 3.09. The normalized spacial score (nSPS) is 9.21. The molecule has 146 valence electrons. The summed E-state index contributed by atoms with van der Waals surface area (Å²) in [7, 11) is 0. The van der Waals surface area contributed by atoms with Crippen molar-refractivity contribution in [3.05, 3.63) is 121 Å². The summed E-state index contributed by atoms with van der Waals surface area (Å²) in [6.07, 6.45) is 0. The van der Waals surface area contributed by atoms with Crippen LogP contribution < -0.4 is 24.8 Å². The molecule has 0 aliphatic carbocycles.